The monoisotopic (exact) mass is 284 g/mol. The van der Waals surface area contributed by atoms with Gasteiger partial charge in [0.1, 0.15) is 5.75 Å². The molecule has 0 amide bonds. The summed E-state index contributed by atoms with van der Waals surface area (Å²) in [5.41, 5.74) is 4.24. The Bertz CT molecular complexity index is 594. The third-order valence-electron chi connectivity index (χ3n) is 5.95. The van der Waals surface area contributed by atoms with Crippen LogP contribution in [0, 0.1) is 11.3 Å². The maximum absolute atomic E-state index is 10.4. The molecule has 2 aliphatic rings. The van der Waals surface area contributed by atoms with Crippen LogP contribution in [0.4, 0.5) is 0 Å². The zero-order valence-electron chi connectivity index (χ0n) is 14.0. The van der Waals surface area contributed by atoms with Crippen LogP contribution in [-0.4, -0.2) is 5.11 Å². The van der Waals surface area contributed by atoms with Gasteiger partial charge in [-0.15, -0.1) is 0 Å². The quantitative estimate of drug-likeness (QED) is 0.709. The van der Waals surface area contributed by atoms with Gasteiger partial charge < -0.3 is 5.11 Å². The van der Waals surface area contributed by atoms with E-state index in [1.54, 1.807) is 0 Å². The second-order valence-electron chi connectivity index (χ2n) is 8.25. The lowest BCUT2D eigenvalue weighted by atomic mass is 9.52. The Kier molecular flexibility index (Phi) is 3.24. The molecule has 0 bridgehead atoms. The van der Waals surface area contributed by atoms with Crippen molar-refractivity contribution in [2.75, 3.05) is 0 Å². The highest BCUT2D eigenvalue weighted by Crippen LogP contribution is 2.56. The van der Waals surface area contributed by atoms with Crippen LogP contribution in [0.25, 0.3) is 6.08 Å². The smallest absolute Gasteiger partial charge is 0.119 e. The van der Waals surface area contributed by atoms with E-state index in [9.17, 15) is 5.11 Å². The van der Waals surface area contributed by atoms with E-state index in [2.05, 4.69) is 58.9 Å². The van der Waals surface area contributed by atoms with Crippen molar-refractivity contribution in [3.8, 4) is 5.75 Å². The van der Waals surface area contributed by atoms with Crippen LogP contribution >= 0.6 is 0 Å². The Morgan fingerprint density at radius 3 is 2.52 bits per heavy atom. The summed E-state index contributed by atoms with van der Waals surface area (Å²) >= 11 is 0. The fraction of sp³-hybridized carbons (Fsp3) is 0.600. The van der Waals surface area contributed by atoms with Crippen molar-refractivity contribution in [2.45, 2.75) is 65.2 Å². The van der Waals surface area contributed by atoms with Crippen LogP contribution in [0.2, 0.25) is 0 Å². The molecule has 1 N–H and O–H groups in total. The molecule has 114 valence electrons. The minimum absolute atomic E-state index is 0.165. The van der Waals surface area contributed by atoms with E-state index in [1.165, 1.54) is 30.4 Å². The lowest BCUT2D eigenvalue weighted by Crippen LogP contribution is -2.45. The average molecular weight is 284 g/mol. The maximum atomic E-state index is 10.4. The normalized spacial score (nSPS) is 30.1. The SMILES string of the molecule is CC(C)c1cc2c(cc1O)[C@@]1(C)CCCC(C)(C)[C@H]1C=C2. The minimum atomic E-state index is 0.165. The molecule has 2 aliphatic carbocycles. The van der Waals surface area contributed by atoms with E-state index in [1.807, 2.05) is 0 Å². The third kappa shape index (κ3) is 2.13. The molecule has 1 aromatic carbocycles. The molecule has 1 aromatic rings. The van der Waals surface area contributed by atoms with Crippen molar-refractivity contribution in [1.82, 2.24) is 0 Å². The molecule has 0 saturated heterocycles. The molecular formula is C20H28O. The second-order valence-corrected chi connectivity index (χ2v) is 8.25. The Morgan fingerprint density at radius 2 is 1.86 bits per heavy atom. The highest BCUT2D eigenvalue weighted by atomic mass is 16.3. The molecule has 1 nitrogen and oxygen atoms in total. The van der Waals surface area contributed by atoms with Gasteiger partial charge in [-0.25, -0.2) is 0 Å². The van der Waals surface area contributed by atoms with Gasteiger partial charge in [0.2, 0.25) is 0 Å². The molecule has 0 unspecified atom stereocenters. The van der Waals surface area contributed by atoms with Crippen LogP contribution in [0.5, 0.6) is 5.75 Å². The molecule has 0 heterocycles. The molecule has 2 atom stereocenters. The van der Waals surface area contributed by atoms with Crippen molar-refractivity contribution in [2.24, 2.45) is 11.3 Å². The molecule has 21 heavy (non-hydrogen) atoms. The third-order valence-corrected chi connectivity index (χ3v) is 5.95. The fourth-order valence-corrected chi connectivity index (χ4v) is 4.78. The Labute approximate surface area is 129 Å². The summed E-state index contributed by atoms with van der Waals surface area (Å²) in [6.45, 7) is 11.5. The Hall–Kier alpha value is -1.24. The molecule has 1 fully saturated rings. The first kappa shape index (κ1) is 14.7. The fourth-order valence-electron chi connectivity index (χ4n) is 4.78. The summed E-state index contributed by atoms with van der Waals surface area (Å²) in [4.78, 5) is 0. The van der Waals surface area contributed by atoms with E-state index >= 15 is 0 Å². The summed E-state index contributed by atoms with van der Waals surface area (Å²) in [5.74, 6) is 1.40. The van der Waals surface area contributed by atoms with Crippen LogP contribution < -0.4 is 0 Å². The van der Waals surface area contributed by atoms with Crippen LogP contribution in [-0.2, 0) is 5.41 Å². The molecular weight excluding hydrogens is 256 g/mol. The lowest BCUT2D eigenvalue weighted by molar-refractivity contribution is 0.0908. The van der Waals surface area contributed by atoms with E-state index in [0.29, 0.717) is 23.0 Å². The first-order valence-electron chi connectivity index (χ1n) is 8.31. The number of phenolic OH excluding ortho intramolecular Hbond substituents is 1. The first-order valence-corrected chi connectivity index (χ1v) is 8.31. The van der Waals surface area contributed by atoms with Crippen molar-refractivity contribution >= 4 is 6.08 Å². The summed E-state index contributed by atoms with van der Waals surface area (Å²) in [6, 6.07) is 4.26. The van der Waals surface area contributed by atoms with E-state index < -0.39 is 0 Å². The number of hydrogen-bond donors (Lipinski definition) is 1. The highest BCUT2D eigenvalue weighted by molar-refractivity contribution is 5.64. The standard InChI is InChI=1S/C20H28O/c1-13(2)15-11-14-7-8-18-19(3,4)9-6-10-20(18,5)16(14)12-17(15)21/h7-8,11-13,18,21H,6,9-10H2,1-5H3/t18-,20-/m1/s1. The van der Waals surface area contributed by atoms with E-state index in [0.717, 1.165) is 5.56 Å². The lowest BCUT2D eigenvalue weighted by Gasteiger charge is -2.52. The summed E-state index contributed by atoms with van der Waals surface area (Å²) in [6.07, 6.45) is 8.52. The number of hydrogen-bond acceptors (Lipinski definition) is 1. The molecule has 0 aliphatic heterocycles. The Morgan fingerprint density at radius 1 is 1.14 bits per heavy atom. The average Bonchev–Trinajstić information content (AvgIpc) is 2.37. The van der Waals surface area contributed by atoms with Gasteiger partial charge in [0, 0.05) is 0 Å². The molecule has 3 rings (SSSR count). The maximum Gasteiger partial charge on any atom is 0.119 e. The van der Waals surface area contributed by atoms with Crippen molar-refractivity contribution in [3.63, 3.8) is 0 Å². The summed E-state index contributed by atoms with van der Waals surface area (Å²) < 4.78 is 0. The van der Waals surface area contributed by atoms with Crippen LogP contribution in [0.1, 0.15) is 76.5 Å². The van der Waals surface area contributed by atoms with Crippen molar-refractivity contribution in [3.05, 3.63) is 34.9 Å². The zero-order chi connectivity index (χ0) is 15.4. The summed E-state index contributed by atoms with van der Waals surface area (Å²) in [7, 11) is 0. The molecule has 1 heteroatoms. The molecule has 0 radical (unpaired) electrons. The van der Waals surface area contributed by atoms with E-state index in [4.69, 9.17) is 0 Å². The van der Waals surface area contributed by atoms with Gasteiger partial charge in [-0.3, -0.25) is 0 Å². The molecule has 0 aromatic heterocycles. The van der Waals surface area contributed by atoms with Gasteiger partial charge in [0.15, 0.2) is 0 Å². The number of aromatic hydroxyl groups is 1. The Balaban J connectivity index is 2.16. The van der Waals surface area contributed by atoms with Gasteiger partial charge in [-0.2, -0.15) is 0 Å². The molecule has 1 saturated carbocycles. The predicted molar refractivity (Wildman–Crippen MR) is 89.7 cm³/mol. The van der Waals surface area contributed by atoms with Crippen LogP contribution in [0.3, 0.4) is 0 Å². The van der Waals surface area contributed by atoms with Crippen LogP contribution in [0.15, 0.2) is 18.2 Å². The highest BCUT2D eigenvalue weighted by Gasteiger charge is 2.48. The van der Waals surface area contributed by atoms with Crippen molar-refractivity contribution < 1.29 is 5.11 Å². The molecule has 0 spiro atoms. The predicted octanol–water partition coefficient (Wildman–Crippen LogP) is 5.63. The topological polar surface area (TPSA) is 20.2 Å². The number of benzene rings is 1. The van der Waals surface area contributed by atoms with Gasteiger partial charge in [0.05, 0.1) is 0 Å². The zero-order valence-corrected chi connectivity index (χ0v) is 14.0. The van der Waals surface area contributed by atoms with Gasteiger partial charge in [-0.1, -0.05) is 53.2 Å². The number of allylic oxidation sites excluding steroid dienone is 1. The van der Waals surface area contributed by atoms with Crippen molar-refractivity contribution in [1.29, 1.82) is 0 Å². The number of phenols is 1. The second kappa shape index (κ2) is 4.63. The van der Waals surface area contributed by atoms with Gasteiger partial charge in [-0.05, 0) is 64.3 Å². The summed E-state index contributed by atoms with van der Waals surface area (Å²) in [5, 5.41) is 10.4. The van der Waals surface area contributed by atoms with Gasteiger partial charge >= 0.3 is 0 Å². The first-order chi connectivity index (χ1) is 9.75. The van der Waals surface area contributed by atoms with E-state index in [-0.39, 0.29) is 5.41 Å². The largest absolute Gasteiger partial charge is 0.508 e. The minimum Gasteiger partial charge on any atom is -0.508 e. The van der Waals surface area contributed by atoms with Gasteiger partial charge in [0.25, 0.3) is 0 Å². The number of fused-ring (bicyclic) bond motifs is 3. The number of rotatable bonds is 1.